The molecule has 2 aromatic rings. The number of nitrogens with one attached hydrogen (secondary N) is 1. The van der Waals surface area contributed by atoms with Crippen LogP contribution in [0.5, 0.6) is 0 Å². The molecule has 24 heavy (non-hydrogen) atoms. The van der Waals surface area contributed by atoms with Crippen LogP contribution in [0.15, 0.2) is 42.5 Å². The molecule has 0 aliphatic carbocycles. The van der Waals surface area contributed by atoms with Gasteiger partial charge in [0.1, 0.15) is 12.4 Å². The fourth-order valence-corrected chi connectivity index (χ4v) is 3.21. The van der Waals surface area contributed by atoms with Crippen molar-refractivity contribution in [3.8, 4) is 0 Å². The van der Waals surface area contributed by atoms with Gasteiger partial charge in [-0.3, -0.25) is 9.10 Å². The quantitative estimate of drug-likeness (QED) is 0.878. The first-order chi connectivity index (χ1) is 11.2. The summed E-state index contributed by atoms with van der Waals surface area (Å²) in [5, 5.41) is 2.55. The normalized spacial score (nSPS) is 11.2. The largest absolute Gasteiger partial charge is 0.322 e. The van der Waals surface area contributed by atoms with Crippen molar-refractivity contribution >= 4 is 38.9 Å². The van der Waals surface area contributed by atoms with E-state index in [1.54, 1.807) is 31.2 Å². The number of halogens is 2. The first kappa shape index (κ1) is 18.2. The highest BCUT2D eigenvalue weighted by Crippen LogP contribution is 2.23. The average Bonchev–Trinajstić information content (AvgIpc) is 2.47. The first-order valence-corrected chi connectivity index (χ1v) is 9.19. The van der Waals surface area contributed by atoms with E-state index in [-0.39, 0.29) is 10.7 Å². The third-order valence-electron chi connectivity index (χ3n) is 3.28. The predicted octanol–water partition coefficient (Wildman–Crippen LogP) is 3.19. The van der Waals surface area contributed by atoms with Gasteiger partial charge in [-0.05, 0) is 36.8 Å². The number of anilines is 2. The standard InChI is InChI=1S/C16H16ClFN2O3S/c1-11-5-3-4-6-15(11)20(24(2,22)23)10-16(21)19-14-8-7-12(17)9-13(14)18/h3-9H,10H2,1-2H3,(H,19,21). The highest BCUT2D eigenvalue weighted by molar-refractivity contribution is 7.92. The van der Waals surface area contributed by atoms with Gasteiger partial charge in [0.25, 0.3) is 0 Å². The molecule has 0 atom stereocenters. The third-order valence-corrected chi connectivity index (χ3v) is 4.64. The SMILES string of the molecule is Cc1ccccc1N(CC(=O)Nc1ccc(Cl)cc1F)S(C)(=O)=O. The minimum absolute atomic E-state index is 0.0670. The lowest BCUT2D eigenvalue weighted by Gasteiger charge is -2.23. The molecule has 1 amide bonds. The van der Waals surface area contributed by atoms with Crippen molar-refractivity contribution in [2.75, 3.05) is 22.4 Å². The van der Waals surface area contributed by atoms with Crippen LogP contribution in [0, 0.1) is 12.7 Å². The molecule has 0 aliphatic heterocycles. The Morgan fingerprint density at radius 2 is 1.92 bits per heavy atom. The Morgan fingerprint density at radius 1 is 1.25 bits per heavy atom. The number of para-hydroxylation sites is 1. The van der Waals surface area contributed by atoms with Crippen LogP contribution >= 0.6 is 11.6 Å². The van der Waals surface area contributed by atoms with Crippen molar-refractivity contribution in [3.05, 3.63) is 58.9 Å². The average molecular weight is 371 g/mol. The van der Waals surface area contributed by atoms with Gasteiger partial charge in [0.05, 0.1) is 17.6 Å². The molecule has 0 fully saturated rings. The molecule has 1 N–H and O–H groups in total. The highest BCUT2D eigenvalue weighted by atomic mass is 35.5. The zero-order valence-corrected chi connectivity index (χ0v) is 14.7. The molecule has 128 valence electrons. The lowest BCUT2D eigenvalue weighted by molar-refractivity contribution is -0.114. The topological polar surface area (TPSA) is 66.5 Å². The number of amides is 1. The monoisotopic (exact) mass is 370 g/mol. The summed E-state index contributed by atoms with van der Waals surface area (Å²) < 4.78 is 38.8. The molecular weight excluding hydrogens is 355 g/mol. The Kier molecular flexibility index (Phi) is 5.46. The number of sulfonamides is 1. The Balaban J connectivity index is 2.24. The van der Waals surface area contributed by atoms with Gasteiger partial charge < -0.3 is 5.32 Å². The number of hydrogen-bond donors (Lipinski definition) is 1. The minimum atomic E-state index is -3.69. The number of aryl methyl sites for hydroxylation is 1. The number of hydrogen-bond acceptors (Lipinski definition) is 3. The lowest BCUT2D eigenvalue weighted by atomic mass is 10.2. The summed E-state index contributed by atoms with van der Waals surface area (Å²) in [6.07, 6.45) is 1.01. The molecule has 8 heteroatoms. The van der Waals surface area contributed by atoms with Crippen LogP contribution in [-0.2, 0) is 14.8 Å². The Bertz CT molecular complexity index is 871. The van der Waals surface area contributed by atoms with E-state index in [2.05, 4.69) is 5.32 Å². The fraction of sp³-hybridized carbons (Fsp3) is 0.188. The van der Waals surface area contributed by atoms with E-state index in [4.69, 9.17) is 11.6 Å². The van der Waals surface area contributed by atoms with Crippen LogP contribution in [-0.4, -0.2) is 27.1 Å². The van der Waals surface area contributed by atoms with Gasteiger partial charge in [-0.1, -0.05) is 29.8 Å². The van der Waals surface area contributed by atoms with Gasteiger partial charge in [-0.2, -0.15) is 0 Å². The van der Waals surface area contributed by atoms with E-state index in [1.807, 2.05) is 0 Å². The Labute approximate surface area is 145 Å². The molecule has 0 saturated heterocycles. The molecule has 0 unspecified atom stereocenters. The Morgan fingerprint density at radius 3 is 2.50 bits per heavy atom. The summed E-state index contributed by atoms with van der Waals surface area (Å²) in [4.78, 5) is 12.2. The van der Waals surface area contributed by atoms with Crippen molar-refractivity contribution in [1.29, 1.82) is 0 Å². The van der Waals surface area contributed by atoms with Crippen molar-refractivity contribution in [1.82, 2.24) is 0 Å². The molecule has 0 aliphatic rings. The maximum absolute atomic E-state index is 13.7. The maximum atomic E-state index is 13.7. The number of carbonyl (C=O) groups is 1. The highest BCUT2D eigenvalue weighted by Gasteiger charge is 2.22. The van der Waals surface area contributed by atoms with Crippen LogP contribution in [0.3, 0.4) is 0 Å². The number of benzene rings is 2. The fourth-order valence-electron chi connectivity index (χ4n) is 2.14. The van der Waals surface area contributed by atoms with E-state index in [1.165, 1.54) is 12.1 Å². The van der Waals surface area contributed by atoms with Gasteiger partial charge in [0.2, 0.25) is 15.9 Å². The molecule has 2 aromatic carbocycles. The summed E-state index contributed by atoms with van der Waals surface area (Å²) in [7, 11) is -3.69. The summed E-state index contributed by atoms with van der Waals surface area (Å²) >= 11 is 5.65. The number of nitrogens with zero attached hydrogens (tertiary/aromatic N) is 1. The molecule has 0 heterocycles. The zero-order valence-electron chi connectivity index (χ0n) is 13.1. The molecule has 0 saturated carbocycles. The van der Waals surface area contributed by atoms with Gasteiger partial charge in [0.15, 0.2) is 0 Å². The van der Waals surface area contributed by atoms with Gasteiger partial charge >= 0.3 is 0 Å². The molecule has 0 bridgehead atoms. The summed E-state index contributed by atoms with van der Waals surface area (Å²) in [5.74, 6) is -1.36. The maximum Gasteiger partial charge on any atom is 0.245 e. The molecule has 0 radical (unpaired) electrons. The van der Waals surface area contributed by atoms with Crippen molar-refractivity contribution < 1.29 is 17.6 Å². The second-order valence-electron chi connectivity index (χ2n) is 5.23. The van der Waals surface area contributed by atoms with E-state index < -0.39 is 28.3 Å². The zero-order chi connectivity index (χ0) is 17.9. The Hall–Kier alpha value is -2.12. The van der Waals surface area contributed by atoms with Crippen LogP contribution in [0.25, 0.3) is 0 Å². The molecule has 5 nitrogen and oxygen atoms in total. The van der Waals surface area contributed by atoms with E-state index in [0.717, 1.165) is 16.6 Å². The summed E-state index contributed by atoms with van der Waals surface area (Å²) in [6, 6.07) is 10.6. The third kappa shape index (κ3) is 4.46. The molecule has 2 rings (SSSR count). The van der Waals surface area contributed by atoms with Crippen molar-refractivity contribution in [2.45, 2.75) is 6.92 Å². The molecular formula is C16H16ClFN2O3S. The van der Waals surface area contributed by atoms with Crippen LogP contribution in [0.1, 0.15) is 5.56 Å². The first-order valence-electron chi connectivity index (χ1n) is 6.97. The second kappa shape index (κ2) is 7.19. The van der Waals surface area contributed by atoms with E-state index >= 15 is 0 Å². The number of rotatable bonds is 5. The lowest BCUT2D eigenvalue weighted by Crippen LogP contribution is -2.38. The molecule has 0 spiro atoms. The smallest absolute Gasteiger partial charge is 0.245 e. The van der Waals surface area contributed by atoms with Gasteiger partial charge in [0, 0.05) is 5.02 Å². The van der Waals surface area contributed by atoms with Crippen LogP contribution < -0.4 is 9.62 Å². The van der Waals surface area contributed by atoms with Gasteiger partial charge in [-0.15, -0.1) is 0 Å². The predicted molar refractivity (Wildman–Crippen MR) is 93.4 cm³/mol. The summed E-state index contributed by atoms with van der Waals surface area (Å²) in [5.41, 5.74) is 1.03. The van der Waals surface area contributed by atoms with Crippen LogP contribution in [0.4, 0.5) is 15.8 Å². The number of carbonyl (C=O) groups excluding carboxylic acids is 1. The second-order valence-corrected chi connectivity index (χ2v) is 7.57. The minimum Gasteiger partial charge on any atom is -0.322 e. The van der Waals surface area contributed by atoms with E-state index in [9.17, 15) is 17.6 Å². The van der Waals surface area contributed by atoms with Crippen molar-refractivity contribution in [3.63, 3.8) is 0 Å². The van der Waals surface area contributed by atoms with Crippen LogP contribution in [0.2, 0.25) is 5.02 Å². The molecule has 0 aromatic heterocycles. The van der Waals surface area contributed by atoms with Gasteiger partial charge in [-0.25, -0.2) is 12.8 Å². The summed E-state index contributed by atoms with van der Waals surface area (Å²) in [6.45, 7) is 1.27. The van der Waals surface area contributed by atoms with E-state index in [0.29, 0.717) is 11.3 Å². The van der Waals surface area contributed by atoms with Crippen molar-refractivity contribution in [2.24, 2.45) is 0 Å².